The maximum Gasteiger partial charge on any atom is 0.222 e. The van der Waals surface area contributed by atoms with Gasteiger partial charge in [-0.1, -0.05) is 0 Å². The smallest absolute Gasteiger partial charge is 0.222 e. The van der Waals surface area contributed by atoms with Gasteiger partial charge in [0.2, 0.25) is 5.91 Å². The number of carbonyl (C=O) groups excluding carboxylic acids is 1. The van der Waals surface area contributed by atoms with Crippen LogP contribution in [0.4, 0.5) is 0 Å². The monoisotopic (exact) mass is 403 g/mol. The molecule has 0 bridgehead atoms. The molecule has 0 aromatic rings. The quantitative estimate of drug-likeness (QED) is 0.256. The van der Waals surface area contributed by atoms with E-state index in [1.807, 2.05) is 6.92 Å². The van der Waals surface area contributed by atoms with E-state index in [2.05, 4.69) is 25.8 Å². The molecule has 2 fully saturated rings. The van der Waals surface area contributed by atoms with Crippen LogP contribution in [0.1, 0.15) is 26.2 Å². The molecule has 2 heterocycles. The standard InChI is InChI=1S/C17H33N5O4S/c1-2-18-17(19-6-3-8-22-9-11-26-12-10-22)20-7-4-16(23)21-15-5-13-27(24,25)14-15/h15H,2-14H2,1H3,(H,21,23)(H2,18,19,20). The van der Waals surface area contributed by atoms with Gasteiger partial charge in [0.05, 0.1) is 24.7 Å². The number of carbonyl (C=O) groups is 1. The van der Waals surface area contributed by atoms with Crippen LogP contribution in [0.15, 0.2) is 4.99 Å². The Labute approximate surface area is 162 Å². The number of amides is 1. The first kappa shape index (κ1) is 21.9. The van der Waals surface area contributed by atoms with E-state index < -0.39 is 9.84 Å². The Morgan fingerprint density at radius 2 is 2.04 bits per heavy atom. The lowest BCUT2D eigenvalue weighted by Gasteiger charge is -2.26. The first-order chi connectivity index (χ1) is 13.0. The summed E-state index contributed by atoms with van der Waals surface area (Å²) in [7, 11) is -2.97. The molecule has 0 aliphatic carbocycles. The van der Waals surface area contributed by atoms with Crippen LogP contribution in [-0.2, 0) is 19.4 Å². The van der Waals surface area contributed by atoms with Gasteiger partial charge < -0.3 is 20.7 Å². The van der Waals surface area contributed by atoms with E-state index in [1.165, 1.54) is 0 Å². The Morgan fingerprint density at radius 3 is 2.70 bits per heavy atom. The second kappa shape index (κ2) is 11.5. The highest BCUT2D eigenvalue weighted by atomic mass is 32.2. The summed E-state index contributed by atoms with van der Waals surface area (Å²) in [5.41, 5.74) is 0. The maximum atomic E-state index is 12.0. The summed E-state index contributed by atoms with van der Waals surface area (Å²) < 4.78 is 28.2. The third kappa shape index (κ3) is 8.89. The largest absolute Gasteiger partial charge is 0.379 e. The van der Waals surface area contributed by atoms with E-state index in [4.69, 9.17) is 4.74 Å². The van der Waals surface area contributed by atoms with Crippen LogP contribution in [0, 0.1) is 0 Å². The molecule has 2 aliphatic rings. The van der Waals surface area contributed by atoms with Gasteiger partial charge in [-0.25, -0.2) is 8.42 Å². The van der Waals surface area contributed by atoms with Crippen LogP contribution in [0.25, 0.3) is 0 Å². The second-order valence-electron chi connectivity index (χ2n) is 6.91. The van der Waals surface area contributed by atoms with E-state index in [0.717, 1.165) is 52.4 Å². The lowest BCUT2D eigenvalue weighted by atomic mass is 10.2. The van der Waals surface area contributed by atoms with Crippen molar-refractivity contribution in [1.82, 2.24) is 20.9 Å². The van der Waals surface area contributed by atoms with Crippen molar-refractivity contribution in [3.63, 3.8) is 0 Å². The predicted octanol–water partition coefficient (Wildman–Crippen LogP) is -1.04. The molecule has 0 radical (unpaired) electrons. The van der Waals surface area contributed by atoms with Crippen molar-refractivity contribution in [2.45, 2.75) is 32.2 Å². The summed E-state index contributed by atoms with van der Waals surface area (Å²) >= 11 is 0. The number of ether oxygens (including phenoxy) is 1. The van der Waals surface area contributed by atoms with Crippen LogP contribution in [0.3, 0.4) is 0 Å². The predicted molar refractivity (Wildman–Crippen MR) is 106 cm³/mol. The number of rotatable bonds is 9. The molecule has 0 spiro atoms. The highest BCUT2D eigenvalue weighted by Gasteiger charge is 2.28. The number of morpholine rings is 1. The molecule has 10 heteroatoms. The molecule has 27 heavy (non-hydrogen) atoms. The van der Waals surface area contributed by atoms with Gasteiger partial charge in [-0.15, -0.1) is 0 Å². The van der Waals surface area contributed by atoms with Gasteiger partial charge in [-0.05, 0) is 19.8 Å². The molecule has 2 saturated heterocycles. The first-order valence-corrected chi connectivity index (χ1v) is 11.6. The number of nitrogens with one attached hydrogen (secondary N) is 3. The fourth-order valence-corrected chi connectivity index (χ4v) is 4.83. The number of nitrogens with zero attached hydrogens (tertiary/aromatic N) is 2. The summed E-state index contributed by atoms with van der Waals surface area (Å²) in [5.74, 6) is 0.792. The van der Waals surface area contributed by atoms with Gasteiger partial charge in [-0.3, -0.25) is 14.7 Å². The van der Waals surface area contributed by atoms with Crippen LogP contribution in [0.5, 0.6) is 0 Å². The van der Waals surface area contributed by atoms with Crippen molar-refractivity contribution in [3.8, 4) is 0 Å². The number of aliphatic imine (C=N–C) groups is 1. The molecule has 0 saturated carbocycles. The molecule has 1 amide bonds. The molecule has 1 unspecified atom stereocenters. The number of sulfone groups is 1. The third-order valence-corrected chi connectivity index (χ3v) is 6.36. The average molecular weight is 404 g/mol. The Kier molecular flexibility index (Phi) is 9.29. The Morgan fingerprint density at radius 1 is 1.26 bits per heavy atom. The van der Waals surface area contributed by atoms with E-state index >= 15 is 0 Å². The normalized spacial score (nSPS) is 23.1. The summed E-state index contributed by atoms with van der Waals surface area (Å²) in [6.07, 6.45) is 1.77. The van der Waals surface area contributed by atoms with Gasteiger partial charge in [-0.2, -0.15) is 0 Å². The molecule has 1 atom stereocenters. The van der Waals surface area contributed by atoms with Crippen molar-refractivity contribution >= 4 is 21.7 Å². The molecule has 3 N–H and O–H groups in total. The van der Waals surface area contributed by atoms with E-state index in [1.54, 1.807) is 0 Å². The van der Waals surface area contributed by atoms with Gasteiger partial charge in [0.25, 0.3) is 0 Å². The summed E-state index contributed by atoms with van der Waals surface area (Å²) in [5, 5.41) is 9.13. The zero-order valence-corrected chi connectivity index (χ0v) is 17.0. The van der Waals surface area contributed by atoms with Gasteiger partial charge >= 0.3 is 0 Å². The Bertz CT molecular complexity index is 590. The summed E-state index contributed by atoms with van der Waals surface area (Å²) in [4.78, 5) is 18.9. The minimum absolute atomic E-state index is 0.0550. The second-order valence-corrected chi connectivity index (χ2v) is 9.14. The summed E-state index contributed by atoms with van der Waals surface area (Å²) in [6, 6.07) is -0.246. The molecule has 0 aromatic heterocycles. The number of hydrogen-bond acceptors (Lipinski definition) is 6. The third-order valence-electron chi connectivity index (χ3n) is 4.59. The fourth-order valence-electron chi connectivity index (χ4n) is 3.15. The van der Waals surface area contributed by atoms with Crippen molar-refractivity contribution in [2.24, 2.45) is 4.99 Å². The van der Waals surface area contributed by atoms with Crippen molar-refractivity contribution in [3.05, 3.63) is 0 Å². The summed E-state index contributed by atoms with van der Waals surface area (Å²) in [6.45, 7) is 8.53. The van der Waals surface area contributed by atoms with Crippen LogP contribution in [-0.4, -0.2) is 95.2 Å². The van der Waals surface area contributed by atoms with Crippen LogP contribution >= 0.6 is 0 Å². The molecule has 2 aliphatic heterocycles. The minimum atomic E-state index is -2.97. The van der Waals surface area contributed by atoms with Crippen LogP contribution < -0.4 is 16.0 Å². The van der Waals surface area contributed by atoms with E-state index in [0.29, 0.717) is 18.9 Å². The van der Waals surface area contributed by atoms with Gasteiger partial charge in [0, 0.05) is 51.7 Å². The minimum Gasteiger partial charge on any atom is -0.379 e. The molecule has 156 valence electrons. The van der Waals surface area contributed by atoms with Crippen LogP contribution in [0.2, 0.25) is 0 Å². The van der Waals surface area contributed by atoms with Gasteiger partial charge in [0.15, 0.2) is 15.8 Å². The van der Waals surface area contributed by atoms with Crippen molar-refractivity contribution < 1.29 is 17.9 Å². The molecule has 0 aromatic carbocycles. The lowest BCUT2D eigenvalue weighted by molar-refractivity contribution is -0.121. The zero-order valence-electron chi connectivity index (χ0n) is 16.2. The fraction of sp³-hybridized carbons (Fsp3) is 0.882. The average Bonchev–Trinajstić information content (AvgIpc) is 2.98. The molecular weight excluding hydrogens is 370 g/mol. The van der Waals surface area contributed by atoms with E-state index in [-0.39, 0.29) is 29.9 Å². The van der Waals surface area contributed by atoms with E-state index in [9.17, 15) is 13.2 Å². The highest BCUT2D eigenvalue weighted by molar-refractivity contribution is 7.91. The zero-order chi connectivity index (χ0) is 19.5. The highest BCUT2D eigenvalue weighted by Crippen LogP contribution is 2.11. The Hall–Kier alpha value is -1.39. The molecule has 9 nitrogen and oxygen atoms in total. The lowest BCUT2D eigenvalue weighted by Crippen LogP contribution is -2.41. The Balaban J connectivity index is 1.61. The number of hydrogen-bond donors (Lipinski definition) is 3. The first-order valence-electron chi connectivity index (χ1n) is 9.80. The maximum absolute atomic E-state index is 12.0. The number of guanidine groups is 1. The molecule has 2 rings (SSSR count). The SMILES string of the molecule is CCNC(=NCCCN1CCOCC1)NCCC(=O)NC1CCS(=O)(=O)C1. The van der Waals surface area contributed by atoms with Crippen molar-refractivity contribution in [2.75, 3.05) is 64.0 Å². The van der Waals surface area contributed by atoms with Gasteiger partial charge in [0.1, 0.15) is 0 Å². The topological polar surface area (TPSA) is 112 Å². The van der Waals surface area contributed by atoms with Crippen molar-refractivity contribution in [1.29, 1.82) is 0 Å². The molecular formula is C17H33N5O4S.